The van der Waals surface area contributed by atoms with Gasteiger partial charge in [-0.15, -0.1) is 11.3 Å². The van der Waals surface area contributed by atoms with E-state index in [0.29, 0.717) is 23.0 Å². The Balaban J connectivity index is 1.69. The Morgan fingerprint density at radius 1 is 1.22 bits per heavy atom. The van der Waals surface area contributed by atoms with Crippen molar-refractivity contribution in [3.05, 3.63) is 74.6 Å². The number of nitrogens with one attached hydrogen (secondary N) is 1. The van der Waals surface area contributed by atoms with Crippen LogP contribution in [0.25, 0.3) is 0 Å². The van der Waals surface area contributed by atoms with Crippen LogP contribution in [0.4, 0.5) is 0 Å². The number of ether oxygens (including phenoxy) is 2. The zero-order valence-corrected chi connectivity index (χ0v) is 17.3. The minimum atomic E-state index is -0.172. The van der Waals surface area contributed by atoms with Gasteiger partial charge in [-0.1, -0.05) is 6.07 Å². The second-order valence-corrected chi connectivity index (χ2v) is 7.62. The van der Waals surface area contributed by atoms with Crippen molar-refractivity contribution in [2.75, 3.05) is 7.11 Å². The summed E-state index contributed by atoms with van der Waals surface area (Å²) in [5.41, 5.74) is 1.96. The van der Waals surface area contributed by atoms with E-state index in [1.165, 1.54) is 11.3 Å². The Morgan fingerprint density at radius 2 is 2.00 bits per heavy atom. The first-order chi connectivity index (χ1) is 13.1. The van der Waals surface area contributed by atoms with E-state index < -0.39 is 0 Å². The SMILES string of the molecule is COc1cc(C(C)NC(=O)c2sccc2Br)ccc1OCc1ccncc1. The van der Waals surface area contributed by atoms with Crippen molar-refractivity contribution in [2.24, 2.45) is 0 Å². The molecule has 0 bridgehead atoms. The second-order valence-electron chi connectivity index (χ2n) is 5.85. The molecule has 1 unspecified atom stereocenters. The number of thiophene rings is 1. The van der Waals surface area contributed by atoms with Crippen molar-refractivity contribution in [1.82, 2.24) is 10.3 Å². The lowest BCUT2D eigenvalue weighted by Crippen LogP contribution is -2.26. The number of pyridine rings is 1. The highest BCUT2D eigenvalue weighted by Gasteiger charge is 2.16. The van der Waals surface area contributed by atoms with Gasteiger partial charge in [-0.2, -0.15) is 0 Å². The first kappa shape index (κ1) is 19.4. The molecule has 2 aromatic heterocycles. The predicted octanol–water partition coefficient (Wildman–Crippen LogP) is 4.98. The first-order valence-corrected chi connectivity index (χ1v) is 9.99. The molecular weight excluding hydrogens is 428 g/mol. The maximum atomic E-state index is 12.4. The summed E-state index contributed by atoms with van der Waals surface area (Å²) < 4.78 is 12.1. The number of hydrogen-bond donors (Lipinski definition) is 1. The Bertz CT molecular complexity index is 915. The van der Waals surface area contributed by atoms with Crippen LogP contribution in [0.5, 0.6) is 11.5 Å². The fourth-order valence-electron chi connectivity index (χ4n) is 2.51. The molecule has 1 aromatic carbocycles. The molecule has 2 heterocycles. The summed E-state index contributed by atoms with van der Waals surface area (Å²) in [5, 5.41) is 4.88. The second kappa shape index (κ2) is 9.01. The molecule has 3 rings (SSSR count). The van der Waals surface area contributed by atoms with E-state index in [1.807, 2.05) is 48.7 Å². The molecule has 140 valence electrons. The Morgan fingerprint density at radius 3 is 2.67 bits per heavy atom. The molecule has 7 heteroatoms. The summed E-state index contributed by atoms with van der Waals surface area (Å²) in [6.45, 7) is 2.36. The minimum absolute atomic E-state index is 0.110. The minimum Gasteiger partial charge on any atom is -0.493 e. The van der Waals surface area contributed by atoms with Gasteiger partial charge in [0.15, 0.2) is 11.5 Å². The van der Waals surface area contributed by atoms with Crippen molar-refractivity contribution in [2.45, 2.75) is 19.6 Å². The Hall–Kier alpha value is -2.38. The molecule has 0 fully saturated rings. The van der Waals surface area contributed by atoms with E-state index in [2.05, 4.69) is 26.2 Å². The van der Waals surface area contributed by atoms with Crippen molar-refractivity contribution in [3.63, 3.8) is 0 Å². The van der Waals surface area contributed by atoms with Crippen molar-refractivity contribution in [3.8, 4) is 11.5 Å². The summed E-state index contributed by atoms with van der Waals surface area (Å²) in [6.07, 6.45) is 3.46. The molecule has 1 N–H and O–H groups in total. The summed E-state index contributed by atoms with van der Waals surface area (Å²) in [5.74, 6) is 1.17. The van der Waals surface area contributed by atoms with E-state index in [-0.39, 0.29) is 11.9 Å². The van der Waals surface area contributed by atoms with E-state index in [0.717, 1.165) is 15.6 Å². The summed E-state index contributed by atoms with van der Waals surface area (Å²) in [6, 6.07) is 11.2. The van der Waals surface area contributed by atoms with E-state index >= 15 is 0 Å². The number of carbonyl (C=O) groups excluding carboxylic acids is 1. The van der Waals surface area contributed by atoms with Gasteiger partial charge in [-0.05, 0) is 69.7 Å². The Labute approximate surface area is 170 Å². The third-order valence-electron chi connectivity index (χ3n) is 4.00. The van der Waals surface area contributed by atoms with Crippen molar-refractivity contribution >= 4 is 33.2 Å². The lowest BCUT2D eigenvalue weighted by Gasteiger charge is -2.17. The number of hydrogen-bond acceptors (Lipinski definition) is 5. The van der Waals surface area contributed by atoms with Gasteiger partial charge in [0, 0.05) is 16.9 Å². The van der Waals surface area contributed by atoms with Crippen LogP contribution in [-0.4, -0.2) is 18.0 Å². The highest BCUT2D eigenvalue weighted by molar-refractivity contribution is 9.10. The third-order valence-corrected chi connectivity index (χ3v) is 5.84. The normalized spacial score (nSPS) is 11.7. The largest absolute Gasteiger partial charge is 0.493 e. The van der Waals surface area contributed by atoms with E-state index in [1.54, 1.807) is 19.5 Å². The van der Waals surface area contributed by atoms with Gasteiger partial charge in [0.2, 0.25) is 0 Å². The predicted molar refractivity (Wildman–Crippen MR) is 109 cm³/mol. The fourth-order valence-corrected chi connectivity index (χ4v) is 3.97. The number of amides is 1. The highest BCUT2D eigenvalue weighted by Crippen LogP contribution is 2.31. The van der Waals surface area contributed by atoms with Crippen LogP contribution >= 0.6 is 27.3 Å². The van der Waals surface area contributed by atoms with Crippen LogP contribution in [0.15, 0.2) is 58.6 Å². The molecule has 1 atom stereocenters. The van der Waals surface area contributed by atoms with Gasteiger partial charge in [-0.3, -0.25) is 9.78 Å². The van der Waals surface area contributed by atoms with Gasteiger partial charge >= 0.3 is 0 Å². The highest BCUT2D eigenvalue weighted by atomic mass is 79.9. The van der Waals surface area contributed by atoms with E-state index in [4.69, 9.17) is 9.47 Å². The molecular formula is C20H19BrN2O3S. The molecule has 27 heavy (non-hydrogen) atoms. The van der Waals surface area contributed by atoms with Crippen LogP contribution in [0.2, 0.25) is 0 Å². The van der Waals surface area contributed by atoms with Crippen LogP contribution in [0.3, 0.4) is 0 Å². The molecule has 1 amide bonds. The lowest BCUT2D eigenvalue weighted by molar-refractivity contribution is 0.0943. The number of aromatic nitrogens is 1. The number of rotatable bonds is 7. The summed E-state index contributed by atoms with van der Waals surface area (Å²) >= 11 is 4.79. The number of halogens is 1. The number of benzene rings is 1. The number of carbonyl (C=O) groups is 1. The van der Waals surface area contributed by atoms with Gasteiger partial charge < -0.3 is 14.8 Å². The molecule has 0 aliphatic carbocycles. The number of nitrogens with zero attached hydrogens (tertiary/aromatic N) is 1. The molecule has 0 aliphatic heterocycles. The molecule has 3 aromatic rings. The third kappa shape index (κ3) is 4.87. The van der Waals surface area contributed by atoms with Gasteiger partial charge in [-0.25, -0.2) is 0 Å². The zero-order chi connectivity index (χ0) is 19.2. The maximum absolute atomic E-state index is 12.4. The quantitative estimate of drug-likeness (QED) is 0.555. The topological polar surface area (TPSA) is 60.5 Å². The average molecular weight is 447 g/mol. The standard InChI is InChI=1S/C20H19BrN2O3S/c1-13(23-20(24)19-16(21)7-10-27-19)15-3-4-17(18(11-15)25-2)26-12-14-5-8-22-9-6-14/h3-11,13H,12H2,1-2H3,(H,23,24). The molecule has 0 saturated heterocycles. The molecule has 0 saturated carbocycles. The van der Waals surface area contributed by atoms with Crippen LogP contribution in [0, 0.1) is 0 Å². The molecule has 5 nitrogen and oxygen atoms in total. The van der Waals surface area contributed by atoms with Crippen LogP contribution in [0.1, 0.15) is 33.8 Å². The van der Waals surface area contributed by atoms with Crippen molar-refractivity contribution < 1.29 is 14.3 Å². The van der Waals surface area contributed by atoms with Gasteiger partial charge in [0.25, 0.3) is 5.91 Å². The zero-order valence-electron chi connectivity index (χ0n) is 14.9. The van der Waals surface area contributed by atoms with E-state index in [9.17, 15) is 4.79 Å². The van der Waals surface area contributed by atoms with Crippen LogP contribution < -0.4 is 14.8 Å². The van der Waals surface area contributed by atoms with Gasteiger partial charge in [0.05, 0.1) is 13.2 Å². The molecule has 0 spiro atoms. The van der Waals surface area contributed by atoms with Gasteiger partial charge in [0.1, 0.15) is 11.5 Å². The van der Waals surface area contributed by atoms with Crippen molar-refractivity contribution in [1.29, 1.82) is 0 Å². The number of methoxy groups -OCH3 is 1. The summed E-state index contributed by atoms with van der Waals surface area (Å²) in [7, 11) is 1.60. The first-order valence-electron chi connectivity index (χ1n) is 8.32. The monoisotopic (exact) mass is 446 g/mol. The summed E-state index contributed by atoms with van der Waals surface area (Å²) in [4.78, 5) is 17.1. The maximum Gasteiger partial charge on any atom is 0.262 e. The average Bonchev–Trinajstić information content (AvgIpc) is 3.13. The molecule has 0 aliphatic rings. The Kier molecular flexibility index (Phi) is 6.47. The lowest BCUT2D eigenvalue weighted by atomic mass is 10.1. The molecule has 0 radical (unpaired) electrons. The van der Waals surface area contributed by atoms with Crippen LogP contribution in [-0.2, 0) is 6.61 Å². The fraction of sp³-hybridized carbons (Fsp3) is 0.200. The smallest absolute Gasteiger partial charge is 0.262 e.